The molecule has 0 bridgehead atoms. The lowest BCUT2D eigenvalue weighted by molar-refractivity contribution is -0.139. The van der Waals surface area contributed by atoms with Crippen molar-refractivity contribution in [3.63, 3.8) is 0 Å². The fourth-order valence-corrected chi connectivity index (χ4v) is 5.10. The van der Waals surface area contributed by atoms with Gasteiger partial charge in [0, 0.05) is 19.0 Å². The monoisotopic (exact) mass is 405 g/mol. The van der Waals surface area contributed by atoms with E-state index in [0.29, 0.717) is 19.0 Å². The molecule has 0 amide bonds. The Morgan fingerprint density at radius 2 is 1.93 bits per heavy atom. The van der Waals surface area contributed by atoms with Crippen molar-refractivity contribution in [1.29, 1.82) is 0 Å². The van der Waals surface area contributed by atoms with Gasteiger partial charge >= 0.3 is 5.97 Å². The van der Waals surface area contributed by atoms with Crippen LogP contribution in [0, 0.1) is 11.7 Å². The summed E-state index contributed by atoms with van der Waals surface area (Å²) in [7, 11) is -2.33. The van der Waals surface area contributed by atoms with Gasteiger partial charge in [0.15, 0.2) is 0 Å². The largest absolute Gasteiger partial charge is 0.469 e. The lowest BCUT2D eigenvalue weighted by atomic mass is 9.82. The van der Waals surface area contributed by atoms with Crippen LogP contribution in [-0.2, 0) is 26.0 Å². The van der Waals surface area contributed by atoms with Gasteiger partial charge in [0.25, 0.3) is 0 Å². The number of ether oxygens (including phenoxy) is 1. The molecule has 1 fully saturated rings. The van der Waals surface area contributed by atoms with Crippen LogP contribution < -0.4 is 0 Å². The van der Waals surface area contributed by atoms with Gasteiger partial charge < -0.3 is 4.74 Å². The van der Waals surface area contributed by atoms with Crippen LogP contribution in [0.5, 0.6) is 0 Å². The van der Waals surface area contributed by atoms with Crippen molar-refractivity contribution in [2.75, 3.05) is 20.2 Å². The Morgan fingerprint density at radius 3 is 2.61 bits per heavy atom. The second-order valence-corrected chi connectivity index (χ2v) is 9.13. The van der Waals surface area contributed by atoms with Crippen molar-refractivity contribution in [3.8, 4) is 0 Å². The van der Waals surface area contributed by atoms with Gasteiger partial charge in [-0.15, -0.1) is 0 Å². The normalized spacial score (nSPS) is 20.7. The minimum Gasteiger partial charge on any atom is -0.469 e. The van der Waals surface area contributed by atoms with E-state index in [1.54, 1.807) is 0 Å². The molecule has 0 saturated carbocycles. The van der Waals surface area contributed by atoms with E-state index in [1.165, 1.54) is 23.5 Å². The molecule has 1 aliphatic rings. The van der Waals surface area contributed by atoms with E-state index >= 15 is 0 Å². The number of hydrogen-bond acceptors (Lipinski definition) is 4. The van der Waals surface area contributed by atoms with Crippen molar-refractivity contribution in [1.82, 2.24) is 4.31 Å². The maximum atomic E-state index is 13.2. The summed E-state index contributed by atoms with van der Waals surface area (Å²) < 4.78 is 45.3. The number of esters is 1. The number of benzene rings is 2. The first-order valence-electron chi connectivity index (χ1n) is 9.22. The van der Waals surface area contributed by atoms with Crippen LogP contribution in [0.3, 0.4) is 0 Å². The van der Waals surface area contributed by atoms with Gasteiger partial charge in [-0.3, -0.25) is 4.79 Å². The van der Waals surface area contributed by atoms with Crippen LogP contribution in [0.15, 0.2) is 53.4 Å². The first kappa shape index (κ1) is 20.5. The Balaban J connectivity index is 1.84. The zero-order valence-corrected chi connectivity index (χ0v) is 16.8. The van der Waals surface area contributed by atoms with Gasteiger partial charge in [-0.1, -0.05) is 31.2 Å². The summed E-state index contributed by atoms with van der Waals surface area (Å²) in [5.74, 6) is -0.463. The van der Waals surface area contributed by atoms with Crippen molar-refractivity contribution in [3.05, 3.63) is 65.5 Å². The van der Waals surface area contributed by atoms with Crippen LogP contribution in [0.2, 0.25) is 0 Å². The highest BCUT2D eigenvalue weighted by atomic mass is 32.2. The summed E-state index contributed by atoms with van der Waals surface area (Å²) in [4.78, 5) is 11.7. The molecule has 7 heteroatoms. The number of rotatable bonds is 5. The van der Waals surface area contributed by atoms with Gasteiger partial charge in [-0.2, -0.15) is 4.31 Å². The summed E-state index contributed by atoms with van der Waals surface area (Å²) in [6.45, 7) is 2.89. The van der Waals surface area contributed by atoms with Crippen LogP contribution in [0.4, 0.5) is 4.39 Å². The smallest absolute Gasteiger partial charge is 0.309 e. The van der Waals surface area contributed by atoms with Crippen molar-refractivity contribution < 1.29 is 22.3 Å². The first-order valence-corrected chi connectivity index (χ1v) is 10.7. The minimum atomic E-state index is -3.68. The van der Waals surface area contributed by atoms with Crippen molar-refractivity contribution in [2.24, 2.45) is 5.92 Å². The Hall–Kier alpha value is -2.25. The molecule has 0 spiro atoms. The average Bonchev–Trinajstić information content (AvgIpc) is 2.68. The standard InChI is InChI=1S/C21H24FNO4S/c1-15-10-11-23(28(25,26)19-8-6-18(22)7-9-19)14-20(15)17-5-3-4-16(12-17)13-21(24)27-2/h3-9,12,15,20H,10-11,13-14H2,1-2H3. The lowest BCUT2D eigenvalue weighted by Crippen LogP contribution is -2.42. The van der Waals surface area contributed by atoms with Gasteiger partial charge in [-0.05, 0) is 47.7 Å². The molecule has 2 aromatic carbocycles. The van der Waals surface area contributed by atoms with Crippen LogP contribution in [-0.4, -0.2) is 38.9 Å². The quantitative estimate of drug-likeness (QED) is 0.716. The van der Waals surface area contributed by atoms with E-state index in [4.69, 9.17) is 4.74 Å². The third-order valence-corrected chi connectivity index (χ3v) is 7.21. The van der Waals surface area contributed by atoms with Gasteiger partial charge in [-0.25, -0.2) is 12.8 Å². The summed E-state index contributed by atoms with van der Waals surface area (Å²) in [5, 5.41) is 0. The molecule has 0 radical (unpaired) electrons. The van der Waals surface area contributed by atoms with E-state index in [1.807, 2.05) is 24.3 Å². The molecule has 0 aromatic heterocycles. The molecule has 28 heavy (non-hydrogen) atoms. The SMILES string of the molecule is COC(=O)Cc1cccc(C2CN(S(=O)(=O)c3ccc(F)cc3)CCC2C)c1. The molecule has 0 aliphatic carbocycles. The van der Waals surface area contributed by atoms with E-state index < -0.39 is 15.8 Å². The summed E-state index contributed by atoms with van der Waals surface area (Å²) in [6, 6.07) is 12.6. The third-order valence-electron chi connectivity index (χ3n) is 5.33. The molecule has 2 atom stereocenters. The predicted octanol–water partition coefficient (Wildman–Crippen LogP) is 3.36. The average molecular weight is 405 g/mol. The highest BCUT2D eigenvalue weighted by Gasteiger charge is 2.34. The highest BCUT2D eigenvalue weighted by molar-refractivity contribution is 7.89. The molecule has 1 heterocycles. The second-order valence-electron chi connectivity index (χ2n) is 7.19. The zero-order valence-electron chi connectivity index (χ0n) is 16.0. The summed E-state index contributed by atoms with van der Waals surface area (Å²) in [5.41, 5.74) is 1.85. The molecule has 3 rings (SSSR count). The van der Waals surface area contributed by atoms with E-state index in [9.17, 15) is 17.6 Å². The van der Waals surface area contributed by atoms with Gasteiger partial charge in [0.1, 0.15) is 5.82 Å². The van der Waals surface area contributed by atoms with Gasteiger partial charge in [0.05, 0.1) is 18.4 Å². The Bertz CT molecular complexity index is 943. The second kappa shape index (κ2) is 8.41. The first-order chi connectivity index (χ1) is 13.3. The number of hydrogen-bond donors (Lipinski definition) is 0. The Kier molecular flexibility index (Phi) is 6.15. The fourth-order valence-electron chi connectivity index (χ4n) is 3.62. The molecule has 1 aliphatic heterocycles. The maximum Gasteiger partial charge on any atom is 0.309 e. The Morgan fingerprint density at radius 1 is 1.21 bits per heavy atom. The van der Waals surface area contributed by atoms with Crippen LogP contribution >= 0.6 is 0 Å². The molecular formula is C21H24FNO4S. The number of nitrogens with zero attached hydrogens (tertiary/aromatic N) is 1. The molecule has 1 saturated heterocycles. The predicted molar refractivity (Wildman–Crippen MR) is 104 cm³/mol. The van der Waals surface area contributed by atoms with Crippen molar-refractivity contribution in [2.45, 2.75) is 30.6 Å². The lowest BCUT2D eigenvalue weighted by Gasteiger charge is -2.36. The molecule has 150 valence electrons. The summed E-state index contributed by atoms with van der Waals surface area (Å²) >= 11 is 0. The van der Waals surface area contributed by atoms with Crippen LogP contribution in [0.25, 0.3) is 0 Å². The number of halogens is 1. The molecule has 2 aromatic rings. The molecular weight excluding hydrogens is 381 g/mol. The molecule has 5 nitrogen and oxygen atoms in total. The van der Waals surface area contributed by atoms with E-state index in [0.717, 1.165) is 29.7 Å². The fraction of sp³-hybridized carbons (Fsp3) is 0.381. The number of carbonyl (C=O) groups is 1. The number of methoxy groups -OCH3 is 1. The number of piperidine rings is 1. The number of carbonyl (C=O) groups excluding carboxylic acids is 1. The summed E-state index contributed by atoms with van der Waals surface area (Å²) in [6.07, 6.45) is 0.912. The topological polar surface area (TPSA) is 63.7 Å². The van der Waals surface area contributed by atoms with Gasteiger partial charge in [0.2, 0.25) is 10.0 Å². The van der Waals surface area contributed by atoms with Crippen molar-refractivity contribution >= 4 is 16.0 Å². The molecule has 0 N–H and O–H groups in total. The third kappa shape index (κ3) is 4.42. The van der Waals surface area contributed by atoms with E-state index in [2.05, 4.69) is 6.92 Å². The number of sulfonamides is 1. The van der Waals surface area contributed by atoms with E-state index in [-0.39, 0.29) is 23.2 Å². The zero-order chi connectivity index (χ0) is 20.3. The molecule has 2 unspecified atom stereocenters. The highest BCUT2D eigenvalue weighted by Crippen LogP contribution is 2.35. The Labute approximate surface area is 165 Å². The van der Waals surface area contributed by atoms with Crippen LogP contribution in [0.1, 0.15) is 30.4 Å². The maximum absolute atomic E-state index is 13.2. The minimum absolute atomic E-state index is 0.0153.